The minimum Gasteiger partial charge on any atom is -0.467 e. The van der Waals surface area contributed by atoms with Crippen LogP contribution in [0, 0.1) is 10.1 Å². The van der Waals surface area contributed by atoms with Gasteiger partial charge in [0.2, 0.25) is 5.91 Å². The minimum absolute atomic E-state index is 0.118. The number of hydrogen-bond donors (Lipinski definition) is 0. The van der Waals surface area contributed by atoms with E-state index >= 15 is 0 Å². The maximum Gasteiger partial charge on any atom is 0.270 e. The van der Waals surface area contributed by atoms with Gasteiger partial charge in [0, 0.05) is 30.8 Å². The van der Waals surface area contributed by atoms with Crippen LogP contribution in [0.4, 0.5) is 5.69 Å². The normalized spacial score (nSPS) is 10.4. The van der Waals surface area contributed by atoms with Gasteiger partial charge in [0.1, 0.15) is 12.3 Å². The molecule has 32 heavy (non-hydrogen) atoms. The van der Waals surface area contributed by atoms with E-state index in [1.54, 1.807) is 17.0 Å². The predicted molar refractivity (Wildman–Crippen MR) is 119 cm³/mol. The molecular weight excluding hydrogens is 410 g/mol. The monoisotopic (exact) mass is 433 g/mol. The first kappa shape index (κ1) is 22.5. The van der Waals surface area contributed by atoms with E-state index in [0.29, 0.717) is 12.3 Å². The molecule has 0 aliphatic carbocycles. The predicted octanol–water partition coefficient (Wildman–Crippen LogP) is 4.05. The summed E-state index contributed by atoms with van der Waals surface area (Å²) in [7, 11) is 0. The fraction of sp³-hybridized carbons (Fsp3) is 0.167. The Morgan fingerprint density at radius 3 is 2.44 bits per heavy atom. The standard InChI is InChI=1S/C24H23N3O5/c1-2-13-25(24(29)20-10-6-11-21(15-20)27(30)31)18-23(28)26(17-22-12-7-14-32-22)16-19-8-4-3-5-9-19/h2-12,14-15H,1,13,16-18H2. The quantitative estimate of drug-likeness (QED) is 0.273. The number of rotatable bonds is 10. The smallest absolute Gasteiger partial charge is 0.270 e. The molecule has 1 aromatic heterocycles. The minimum atomic E-state index is -0.565. The van der Waals surface area contributed by atoms with Gasteiger partial charge >= 0.3 is 0 Å². The highest BCUT2D eigenvalue weighted by molar-refractivity contribution is 5.97. The summed E-state index contributed by atoms with van der Waals surface area (Å²) in [4.78, 5) is 39.6. The third kappa shape index (κ3) is 5.91. The van der Waals surface area contributed by atoms with Crippen molar-refractivity contribution in [2.45, 2.75) is 13.1 Å². The van der Waals surface area contributed by atoms with E-state index in [4.69, 9.17) is 4.42 Å². The van der Waals surface area contributed by atoms with Crippen molar-refractivity contribution in [3.63, 3.8) is 0 Å². The van der Waals surface area contributed by atoms with Crippen molar-refractivity contribution in [3.8, 4) is 0 Å². The number of carbonyl (C=O) groups is 2. The van der Waals surface area contributed by atoms with Gasteiger partial charge < -0.3 is 14.2 Å². The van der Waals surface area contributed by atoms with Crippen LogP contribution in [0.3, 0.4) is 0 Å². The Balaban J connectivity index is 1.80. The van der Waals surface area contributed by atoms with Crippen LogP contribution in [0.5, 0.6) is 0 Å². The maximum atomic E-state index is 13.2. The van der Waals surface area contributed by atoms with E-state index in [1.165, 1.54) is 41.5 Å². The van der Waals surface area contributed by atoms with Crippen molar-refractivity contribution < 1.29 is 18.9 Å². The van der Waals surface area contributed by atoms with E-state index in [0.717, 1.165) is 5.56 Å². The second kappa shape index (κ2) is 10.7. The third-order valence-electron chi connectivity index (χ3n) is 4.76. The molecule has 0 aliphatic heterocycles. The van der Waals surface area contributed by atoms with Crippen LogP contribution in [-0.2, 0) is 17.9 Å². The molecular formula is C24H23N3O5. The van der Waals surface area contributed by atoms with Crippen LogP contribution in [-0.4, -0.2) is 39.6 Å². The lowest BCUT2D eigenvalue weighted by atomic mass is 10.1. The summed E-state index contributed by atoms with van der Waals surface area (Å²) in [6.45, 7) is 4.16. The van der Waals surface area contributed by atoms with Gasteiger partial charge in [0.25, 0.3) is 11.6 Å². The number of benzene rings is 2. The van der Waals surface area contributed by atoms with Gasteiger partial charge in [-0.15, -0.1) is 6.58 Å². The fourth-order valence-electron chi connectivity index (χ4n) is 3.20. The van der Waals surface area contributed by atoms with Crippen LogP contribution in [0.2, 0.25) is 0 Å². The molecule has 164 valence electrons. The molecule has 0 atom stereocenters. The van der Waals surface area contributed by atoms with Crippen molar-refractivity contribution >= 4 is 17.5 Å². The fourth-order valence-corrected chi connectivity index (χ4v) is 3.20. The van der Waals surface area contributed by atoms with Crippen molar-refractivity contribution in [2.75, 3.05) is 13.1 Å². The lowest BCUT2D eigenvalue weighted by Gasteiger charge is -2.27. The number of nitro groups is 1. The molecule has 0 radical (unpaired) electrons. The van der Waals surface area contributed by atoms with E-state index in [1.807, 2.05) is 30.3 Å². The van der Waals surface area contributed by atoms with Gasteiger partial charge in [0.05, 0.1) is 17.7 Å². The molecule has 0 saturated heterocycles. The SMILES string of the molecule is C=CCN(CC(=O)N(Cc1ccccc1)Cc1ccco1)C(=O)c1cccc([N+](=O)[O-])c1. The first-order valence-corrected chi connectivity index (χ1v) is 9.96. The van der Waals surface area contributed by atoms with Crippen molar-refractivity contribution in [1.29, 1.82) is 0 Å². The van der Waals surface area contributed by atoms with Gasteiger partial charge in [0.15, 0.2) is 0 Å². The van der Waals surface area contributed by atoms with Crippen LogP contribution in [0.1, 0.15) is 21.7 Å². The number of nitro benzene ring substituents is 1. The molecule has 3 rings (SSSR count). The molecule has 0 aliphatic rings. The summed E-state index contributed by atoms with van der Waals surface area (Å²) < 4.78 is 5.40. The van der Waals surface area contributed by atoms with Crippen molar-refractivity contribution in [2.24, 2.45) is 0 Å². The molecule has 0 N–H and O–H groups in total. The summed E-state index contributed by atoms with van der Waals surface area (Å²) in [6, 6.07) is 18.5. The lowest BCUT2D eigenvalue weighted by Crippen LogP contribution is -2.42. The van der Waals surface area contributed by atoms with Gasteiger partial charge in [-0.05, 0) is 23.8 Å². The highest BCUT2D eigenvalue weighted by atomic mass is 16.6. The average Bonchev–Trinajstić information content (AvgIpc) is 3.32. The Morgan fingerprint density at radius 1 is 1.00 bits per heavy atom. The first-order valence-electron chi connectivity index (χ1n) is 9.96. The Bertz CT molecular complexity index is 1080. The molecule has 0 spiro atoms. The van der Waals surface area contributed by atoms with Crippen LogP contribution < -0.4 is 0 Å². The van der Waals surface area contributed by atoms with Crippen LogP contribution >= 0.6 is 0 Å². The number of nitrogens with zero attached hydrogens (tertiary/aromatic N) is 3. The van der Waals surface area contributed by atoms with Crippen LogP contribution in [0.25, 0.3) is 0 Å². The average molecular weight is 433 g/mol. The lowest BCUT2D eigenvalue weighted by molar-refractivity contribution is -0.384. The number of hydrogen-bond acceptors (Lipinski definition) is 5. The number of amides is 2. The Hall–Kier alpha value is -4.20. The van der Waals surface area contributed by atoms with Gasteiger partial charge in [-0.3, -0.25) is 19.7 Å². The van der Waals surface area contributed by atoms with Crippen molar-refractivity contribution in [1.82, 2.24) is 9.80 Å². The zero-order chi connectivity index (χ0) is 22.9. The molecule has 8 heteroatoms. The first-order chi connectivity index (χ1) is 15.5. The number of non-ortho nitro benzene ring substituents is 1. The molecule has 1 heterocycles. The highest BCUT2D eigenvalue weighted by Gasteiger charge is 2.23. The summed E-state index contributed by atoms with van der Waals surface area (Å²) in [5.74, 6) is -0.153. The second-order valence-electron chi connectivity index (χ2n) is 7.10. The third-order valence-corrected chi connectivity index (χ3v) is 4.76. The summed E-state index contributed by atoms with van der Waals surface area (Å²) in [5.41, 5.74) is 0.881. The van der Waals surface area contributed by atoms with E-state index in [-0.39, 0.29) is 36.8 Å². The maximum absolute atomic E-state index is 13.2. The van der Waals surface area contributed by atoms with Gasteiger partial charge in [-0.2, -0.15) is 0 Å². The Labute approximate surface area is 185 Å². The zero-order valence-electron chi connectivity index (χ0n) is 17.4. The second-order valence-corrected chi connectivity index (χ2v) is 7.10. The molecule has 0 saturated carbocycles. The van der Waals surface area contributed by atoms with E-state index in [9.17, 15) is 19.7 Å². The zero-order valence-corrected chi connectivity index (χ0v) is 17.4. The largest absolute Gasteiger partial charge is 0.467 e. The molecule has 0 fully saturated rings. The molecule has 0 bridgehead atoms. The summed E-state index contributed by atoms with van der Waals surface area (Å²) >= 11 is 0. The van der Waals surface area contributed by atoms with Gasteiger partial charge in [-0.25, -0.2) is 0 Å². The Kier molecular flexibility index (Phi) is 7.53. The van der Waals surface area contributed by atoms with Crippen molar-refractivity contribution in [3.05, 3.63) is 113 Å². The van der Waals surface area contributed by atoms with E-state index < -0.39 is 10.8 Å². The Morgan fingerprint density at radius 2 is 1.78 bits per heavy atom. The summed E-state index contributed by atoms with van der Waals surface area (Å²) in [5, 5.41) is 11.1. The van der Waals surface area contributed by atoms with Crippen LogP contribution in [0.15, 0.2) is 90.1 Å². The topological polar surface area (TPSA) is 96.9 Å². The number of furan rings is 1. The van der Waals surface area contributed by atoms with Gasteiger partial charge in [-0.1, -0.05) is 42.5 Å². The molecule has 8 nitrogen and oxygen atoms in total. The molecule has 2 amide bonds. The van der Waals surface area contributed by atoms with E-state index in [2.05, 4.69) is 6.58 Å². The molecule has 2 aromatic carbocycles. The molecule has 0 unspecified atom stereocenters. The highest BCUT2D eigenvalue weighted by Crippen LogP contribution is 2.16. The molecule has 3 aromatic rings. The summed E-state index contributed by atoms with van der Waals surface area (Å²) in [6.07, 6.45) is 3.05. The number of carbonyl (C=O) groups excluding carboxylic acids is 2.